The van der Waals surface area contributed by atoms with Crippen molar-refractivity contribution in [1.82, 2.24) is 15.5 Å². The Morgan fingerprint density at radius 1 is 1.19 bits per heavy atom. The number of ether oxygens (including phenoxy) is 2. The number of amides is 3. The summed E-state index contributed by atoms with van der Waals surface area (Å²) in [7, 11) is 0. The Bertz CT molecular complexity index is 881. The van der Waals surface area contributed by atoms with Crippen LogP contribution in [-0.4, -0.2) is 54.0 Å². The molecule has 1 atom stereocenters. The lowest BCUT2D eigenvalue weighted by molar-refractivity contribution is -0.136. The maximum atomic E-state index is 12.9. The van der Waals surface area contributed by atoms with Gasteiger partial charge in [-0.05, 0) is 37.2 Å². The molecule has 8 heteroatoms. The van der Waals surface area contributed by atoms with Gasteiger partial charge in [0.15, 0.2) is 11.5 Å². The Labute approximate surface area is 157 Å². The summed E-state index contributed by atoms with van der Waals surface area (Å²) in [5.74, 6) is 0.207. The van der Waals surface area contributed by atoms with Crippen molar-refractivity contribution >= 4 is 17.7 Å². The molecule has 27 heavy (non-hydrogen) atoms. The smallest absolute Gasteiger partial charge is 0.255 e. The molecule has 8 nitrogen and oxygen atoms in total. The largest absolute Gasteiger partial charge is 0.485 e. The fourth-order valence-corrected chi connectivity index (χ4v) is 4.29. The second kappa shape index (κ2) is 5.95. The van der Waals surface area contributed by atoms with Crippen LogP contribution in [0.3, 0.4) is 0 Å². The van der Waals surface area contributed by atoms with Gasteiger partial charge in [-0.3, -0.25) is 19.7 Å². The average Bonchev–Trinajstić information content (AvgIpc) is 2.98. The van der Waals surface area contributed by atoms with E-state index in [1.807, 2.05) is 6.07 Å². The minimum atomic E-state index is -0.635. The van der Waals surface area contributed by atoms with E-state index in [0.29, 0.717) is 62.6 Å². The van der Waals surface area contributed by atoms with Crippen molar-refractivity contribution in [1.29, 1.82) is 0 Å². The van der Waals surface area contributed by atoms with Crippen molar-refractivity contribution in [2.45, 2.75) is 43.9 Å². The highest BCUT2D eigenvalue weighted by atomic mass is 16.6. The quantitative estimate of drug-likeness (QED) is 0.690. The normalized spacial score (nSPS) is 27.4. The Morgan fingerprint density at radius 3 is 2.78 bits per heavy atom. The molecular weight excluding hydrogens is 350 g/mol. The van der Waals surface area contributed by atoms with Crippen LogP contribution in [0.4, 0.5) is 0 Å². The zero-order valence-corrected chi connectivity index (χ0v) is 14.8. The van der Waals surface area contributed by atoms with E-state index >= 15 is 0 Å². The second-order valence-corrected chi connectivity index (χ2v) is 7.60. The first-order valence-corrected chi connectivity index (χ1v) is 9.31. The van der Waals surface area contributed by atoms with Gasteiger partial charge in [-0.25, -0.2) is 0 Å². The molecule has 0 radical (unpaired) electrons. The number of hydrogen-bond donors (Lipinski definition) is 2. The topological polar surface area (TPSA) is 97.0 Å². The lowest BCUT2D eigenvalue weighted by Crippen LogP contribution is -2.52. The number of piperidine rings is 2. The molecule has 1 spiro atoms. The van der Waals surface area contributed by atoms with Crippen LogP contribution in [-0.2, 0) is 16.1 Å². The maximum Gasteiger partial charge on any atom is 0.255 e. The number of imide groups is 1. The van der Waals surface area contributed by atoms with Crippen LogP contribution in [0.2, 0.25) is 1.41 Å². The van der Waals surface area contributed by atoms with E-state index < -0.39 is 17.6 Å². The highest BCUT2D eigenvalue weighted by Gasteiger charge is 2.43. The van der Waals surface area contributed by atoms with Crippen LogP contribution in [0.25, 0.3) is 0 Å². The SMILES string of the molecule is [2H]N1CCC2(CC1)COc1cc3c(cc1O2)CN(C1CCC(=O)NC1=O)C3=O. The van der Waals surface area contributed by atoms with Gasteiger partial charge in [0.2, 0.25) is 11.8 Å². The standard InChI is InChI=1S/C19H21N3O5/c23-16-2-1-13(17(24)21-16)22-9-11-7-15-14(8-12(11)18(22)25)26-10-19(27-15)3-5-20-6-4-19/h7-8,13,20H,1-6,9-10H2,(H,21,23,24)/i/hD. The van der Waals surface area contributed by atoms with Crippen LogP contribution < -0.4 is 20.1 Å². The van der Waals surface area contributed by atoms with E-state index in [9.17, 15) is 14.4 Å². The van der Waals surface area contributed by atoms with Crippen molar-refractivity contribution in [3.05, 3.63) is 23.3 Å². The van der Waals surface area contributed by atoms with Crippen molar-refractivity contribution in [2.24, 2.45) is 0 Å². The minimum Gasteiger partial charge on any atom is -0.485 e. The van der Waals surface area contributed by atoms with E-state index in [2.05, 4.69) is 5.32 Å². The van der Waals surface area contributed by atoms with Gasteiger partial charge >= 0.3 is 0 Å². The summed E-state index contributed by atoms with van der Waals surface area (Å²) in [6.07, 6.45) is 2.00. The molecule has 2 saturated heterocycles. The molecule has 1 aromatic rings. The summed E-state index contributed by atoms with van der Waals surface area (Å²) in [5, 5.41) is 3.84. The van der Waals surface area contributed by atoms with Crippen molar-refractivity contribution in [2.75, 3.05) is 19.7 Å². The predicted octanol–water partition coefficient (Wildman–Crippen LogP) is 0.341. The third-order valence-electron chi connectivity index (χ3n) is 5.86. The summed E-state index contributed by atoms with van der Waals surface area (Å²) in [6.45, 7) is 1.97. The molecule has 4 aliphatic rings. The Balaban J connectivity index is 1.39. The predicted molar refractivity (Wildman–Crippen MR) is 93.4 cm³/mol. The molecule has 0 aromatic heterocycles. The van der Waals surface area contributed by atoms with E-state index in [-0.39, 0.29) is 18.2 Å². The van der Waals surface area contributed by atoms with Gasteiger partial charge in [0, 0.05) is 31.4 Å². The Kier molecular flexibility index (Phi) is 3.40. The third kappa shape index (κ3) is 2.66. The summed E-state index contributed by atoms with van der Waals surface area (Å²) in [4.78, 5) is 38.0. The summed E-state index contributed by atoms with van der Waals surface area (Å²) in [5.41, 5.74) is 0.890. The van der Waals surface area contributed by atoms with Crippen molar-refractivity contribution < 1.29 is 25.3 Å². The molecule has 1 aromatic carbocycles. The fourth-order valence-electron chi connectivity index (χ4n) is 4.29. The monoisotopic (exact) mass is 372 g/mol. The van der Waals surface area contributed by atoms with Crippen LogP contribution in [0.1, 0.15) is 41.6 Å². The first-order valence-electron chi connectivity index (χ1n) is 9.76. The number of carbonyl (C=O) groups is 3. The highest BCUT2D eigenvalue weighted by molar-refractivity contribution is 6.05. The van der Waals surface area contributed by atoms with Gasteiger partial charge in [0.05, 0.1) is 0 Å². The Hall–Kier alpha value is -2.61. The lowest BCUT2D eigenvalue weighted by atomic mass is 9.92. The van der Waals surface area contributed by atoms with Gasteiger partial charge in [0.1, 0.15) is 19.7 Å². The number of fused-ring (bicyclic) bond motifs is 2. The number of nitrogens with one attached hydrogen (secondary N) is 2. The number of nitrogens with zero attached hydrogens (tertiary/aromatic N) is 1. The second-order valence-electron chi connectivity index (χ2n) is 7.60. The molecule has 1 unspecified atom stereocenters. The van der Waals surface area contributed by atoms with Crippen molar-refractivity contribution in [3.63, 3.8) is 0 Å². The average molecular weight is 372 g/mol. The highest BCUT2D eigenvalue weighted by Crippen LogP contribution is 2.42. The van der Waals surface area contributed by atoms with Gasteiger partial charge in [0.25, 0.3) is 5.91 Å². The fraction of sp³-hybridized carbons (Fsp3) is 0.526. The minimum absolute atomic E-state index is 0.223. The van der Waals surface area contributed by atoms with Gasteiger partial charge in [-0.2, -0.15) is 0 Å². The Morgan fingerprint density at radius 2 is 2.00 bits per heavy atom. The van der Waals surface area contributed by atoms with Gasteiger partial charge < -0.3 is 19.7 Å². The number of benzene rings is 1. The molecule has 142 valence electrons. The molecule has 4 heterocycles. The maximum absolute atomic E-state index is 12.9. The molecule has 2 N–H and O–H groups in total. The summed E-state index contributed by atoms with van der Waals surface area (Å²) >= 11 is 0. The molecule has 0 bridgehead atoms. The third-order valence-corrected chi connectivity index (χ3v) is 5.86. The van der Waals surface area contributed by atoms with Crippen LogP contribution >= 0.6 is 0 Å². The zero-order valence-electron chi connectivity index (χ0n) is 15.8. The van der Waals surface area contributed by atoms with E-state index in [4.69, 9.17) is 10.9 Å². The van der Waals surface area contributed by atoms with Crippen LogP contribution in [0.15, 0.2) is 12.1 Å². The number of hydrogen-bond acceptors (Lipinski definition) is 6. The van der Waals surface area contributed by atoms with E-state index in [1.54, 1.807) is 6.07 Å². The summed E-state index contributed by atoms with van der Waals surface area (Å²) in [6, 6.07) is 2.90. The van der Waals surface area contributed by atoms with Crippen LogP contribution in [0.5, 0.6) is 11.5 Å². The number of carbonyl (C=O) groups excluding carboxylic acids is 3. The lowest BCUT2D eigenvalue weighted by Gasteiger charge is -2.41. The van der Waals surface area contributed by atoms with Crippen molar-refractivity contribution in [3.8, 4) is 11.5 Å². The first-order chi connectivity index (χ1) is 13.4. The molecule has 4 aliphatic heterocycles. The van der Waals surface area contributed by atoms with Gasteiger partial charge in [-0.1, -0.05) is 0 Å². The first kappa shape index (κ1) is 15.4. The zero-order chi connectivity index (χ0) is 19.5. The molecule has 2 fully saturated rings. The molecule has 0 saturated carbocycles. The molecule has 3 amide bonds. The van der Waals surface area contributed by atoms with E-state index in [0.717, 1.165) is 5.56 Å². The summed E-state index contributed by atoms with van der Waals surface area (Å²) < 4.78 is 20.0. The molecule has 5 rings (SSSR count). The number of rotatable bonds is 1. The van der Waals surface area contributed by atoms with E-state index in [1.165, 1.54) is 10.2 Å². The molecular formula is C19H21N3O5. The van der Waals surface area contributed by atoms with Crippen LogP contribution in [0, 0.1) is 0 Å². The van der Waals surface area contributed by atoms with Gasteiger partial charge in [-0.15, -0.1) is 0 Å². The molecule has 0 aliphatic carbocycles.